The van der Waals surface area contributed by atoms with Gasteiger partial charge in [-0.15, -0.1) is 0 Å². The lowest BCUT2D eigenvalue weighted by molar-refractivity contribution is 0.0263. The molecule has 2 atom stereocenters. The molecular formula is C25H30ClN5O3. The van der Waals surface area contributed by atoms with Crippen LogP contribution in [0.25, 0.3) is 0 Å². The van der Waals surface area contributed by atoms with Crippen LogP contribution in [0.1, 0.15) is 55.6 Å². The molecule has 0 aromatic heterocycles. The van der Waals surface area contributed by atoms with Crippen LogP contribution in [0.15, 0.2) is 52.7 Å². The number of nitrogens with zero attached hydrogens (tertiary/aromatic N) is 5. The molecule has 3 aliphatic heterocycles. The maximum Gasteiger partial charge on any atom is 0.410 e. The number of alkyl halides is 1. The van der Waals surface area contributed by atoms with E-state index in [0.29, 0.717) is 19.6 Å². The highest BCUT2D eigenvalue weighted by Crippen LogP contribution is 2.46. The average Bonchev–Trinajstić information content (AvgIpc) is 3.62. The van der Waals surface area contributed by atoms with Gasteiger partial charge in [0.2, 0.25) is 6.23 Å². The molecule has 2 unspecified atom stereocenters. The number of rotatable bonds is 3. The highest BCUT2D eigenvalue weighted by molar-refractivity contribution is 6.20. The number of azo groups is 1. The molecule has 0 saturated carbocycles. The summed E-state index contributed by atoms with van der Waals surface area (Å²) >= 11 is 6.35. The molecule has 1 amide bonds. The molecular weight excluding hydrogens is 454 g/mol. The van der Waals surface area contributed by atoms with E-state index in [2.05, 4.69) is 27.3 Å². The van der Waals surface area contributed by atoms with Gasteiger partial charge in [0.05, 0.1) is 12.2 Å². The van der Waals surface area contributed by atoms with E-state index in [1.807, 2.05) is 56.2 Å². The summed E-state index contributed by atoms with van der Waals surface area (Å²) in [5.74, 6) is 0. The number of ether oxygens (including phenoxy) is 1. The molecule has 0 radical (unpaired) electrons. The van der Waals surface area contributed by atoms with Crippen molar-refractivity contribution >= 4 is 29.1 Å². The molecule has 8 nitrogen and oxygen atoms in total. The Bertz CT molecular complexity index is 1100. The molecule has 0 spiro atoms. The number of hydrogen-bond acceptors (Lipinski definition) is 7. The molecule has 9 heteroatoms. The van der Waals surface area contributed by atoms with E-state index in [0.717, 1.165) is 47.6 Å². The SMILES string of the molecule is CC(C)(C)OC(=O)N1CCCN(c2ccccc2C2ON2c2ccc3c(c2)C(Cl)N=NC3)CC1. The summed E-state index contributed by atoms with van der Waals surface area (Å²) in [7, 11) is 0. The Morgan fingerprint density at radius 2 is 1.91 bits per heavy atom. The van der Waals surface area contributed by atoms with Crippen LogP contribution in [0.4, 0.5) is 16.2 Å². The summed E-state index contributed by atoms with van der Waals surface area (Å²) in [6.07, 6.45) is 0.460. The number of hydroxylamine groups is 1. The first-order valence-electron chi connectivity index (χ1n) is 11.7. The average molecular weight is 484 g/mol. The topological polar surface area (TPSA) is 73.0 Å². The zero-order valence-corrected chi connectivity index (χ0v) is 20.5. The van der Waals surface area contributed by atoms with Gasteiger partial charge in [0.15, 0.2) is 5.50 Å². The van der Waals surface area contributed by atoms with Crippen molar-refractivity contribution < 1.29 is 14.4 Å². The number of hydrogen-bond donors (Lipinski definition) is 0. The fourth-order valence-corrected chi connectivity index (χ4v) is 4.71. The second-order valence-electron chi connectivity index (χ2n) is 9.78. The largest absolute Gasteiger partial charge is 0.444 e. The lowest BCUT2D eigenvalue weighted by atomic mass is 10.1. The Balaban J connectivity index is 1.30. The van der Waals surface area contributed by atoms with Crippen molar-refractivity contribution in [3.63, 3.8) is 0 Å². The normalized spacial score (nSPS) is 22.3. The van der Waals surface area contributed by atoms with E-state index < -0.39 is 11.1 Å². The molecule has 2 saturated heterocycles. The zero-order valence-electron chi connectivity index (χ0n) is 19.8. The molecule has 0 bridgehead atoms. The highest BCUT2D eigenvalue weighted by atomic mass is 35.5. The van der Waals surface area contributed by atoms with Crippen molar-refractivity contribution in [3.05, 3.63) is 59.2 Å². The predicted molar refractivity (Wildman–Crippen MR) is 131 cm³/mol. The number of carbonyl (C=O) groups excluding carboxylic acids is 1. The van der Waals surface area contributed by atoms with Crippen molar-refractivity contribution in [2.45, 2.75) is 51.1 Å². The number of carbonyl (C=O) groups is 1. The Hall–Kier alpha value is -2.84. The first-order chi connectivity index (χ1) is 16.3. The molecule has 2 aromatic carbocycles. The maximum absolute atomic E-state index is 12.6. The van der Waals surface area contributed by atoms with Crippen molar-refractivity contribution in [3.8, 4) is 0 Å². The molecule has 5 rings (SSSR count). The number of halogens is 1. The minimum Gasteiger partial charge on any atom is -0.444 e. The van der Waals surface area contributed by atoms with Gasteiger partial charge in [-0.3, -0.25) is 0 Å². The standard InChI is InChI=1S/C25H30ClN5O3/c1-25(2,3)33-24(32)30-12-6-11-29(13-14-30)21-8-5-4-7-19(21)23-31(34-23)18-10-9-17-16-27-28-22(26)20(17)15-18/h4-5,7-10,15,22-23H,6,11-14,16H2,1-3H3. The summed E-state index contributed by atoms with van der Waals surface area (Å²) in [4.78, 5) is 22.7. The number of fused-ring (bicyclic) bond motifs is 1. The number of amides is 1. The summed E-state index contributed by atoms with van der Waals surface area (Å²) < 4.78 is 5.58. The third-order valence-electron chi connectivity index (χ3n) is 6.14. The summed E-state index contributed by atoms with van der Waals surface area (Å²) in [6, 6.07) is 14.4. The van der Waals surface area contributed by atoms with Gasteiger partial charge < -0.3 is 14.5 Å². The lowest BCUT2D eigenvalue weighted by Crippen LogP contribution is -2.39. The zero-order chi connectivity index (χ0) is 23.9. The minimum atomic E-state index is -0.495. The van der Waals surface area contributed by atoms with Crippen LogP contribution in [-0.4, -0.2) is 42.8 Å². The molecule has 0 N–H and O–H groups in total. The van der Waals surface area contributed by atoms with Crippen LogP contribution in [0.2, 0.25) is 0 Å². The van der Waals surface area contributed by atoms with Gasteiger partial charge in [-0.1, -0.05) is 35.9 Å². The van der Waals surface area contributed by atoms with E-state index in [4.69, 9.17) is 21.2 Å². The summed E-state index contributed by atoms with van der Waals surface area (Å²) in [6.45, 7) is 9.15. The quantitative estimate of drug-likeness (QED) is 0.314. The van der Waals surface area contributed by atoms with Crippen molar-refractivity contribution in [1.29, 1.82) is 0 Å². The Morgan fingerprint density at radius 1 is 1.09 bits per heavy atom. The highest BCUT2D eigenvalue weighted by Gasteiger charge is 2.41. The van der Waals surface area contributed by atoms with Gasteiger partial charge in [0.1, 0.15) is 5.60 Å². The van der Waals surface area contributed by atoms with E-state index in [1.54, 1.807) is 4.90 Å². The first-order valence-corrected chi connectivity index (χ1v) is 12.1. The molecule has 3 heterocycles. The Kier molecular flexibility index (Phi) is 6.12. The van der Waals surface area contributed by atoms with Crippen LogP contribution in [0, 0.1) is 0 Å². The van der Waals surface area contributed by atoms with Crippen LogP contribution in [0.3, 0.4) is 0 Å². The van der Waals surface area contributed by atoms with Gasteiger partial charge in [-0.05, 0) is 51.0 Å². The van der Waals surface area contributed by atoms with Crippen molar-refractivity contribution in [1.82, 2.24) is 4.90 Å². The Morgan fingerprint density at radius 3 is 2.74 bits per heavy atom. The van der Waals surface area contributed by atoms with E-state index >= 15 is 0 Å². The second-order valence-corrected chi connectivity index (χ2v) is 10.2. The predicted octanol–water partition coefficient (Wildman–Crippen LogP) is 5.79. The molecule has 2 fully saturated rings. The van der Waals surface area contributed by atoms with Gasteiger partial charge in [-0.2, -0.15) is 10.2 Å². The van der Waals surface area contributed by atoms with Crippen LogP contribution >= 0.6 is 11.6 Å². The van der Waals surface area contributed by atoms with Crippen LogP contribution < -0.4 is 9.96 Å². The van der Waals surface area contributed by atoms with E-state index in [9.17, 15) is 4.79 Å². The van der Waals surface area contributed by atoms with Gasteiger partial charge in [0.25, 0.3) is 0 Å². The summed E-state index contributed by atoms with van der Waals surface area (Å²) in [5.41, 5.74) is 4.30. The first kappa shape index (κ1) is 22.9. The fourth-order valence-electron chi connectivity index (χ4n) is 4.45. The van der Waals surface area contributed by atoms with Crippen LogP contribution in [-0.2, 0) is 16.1 Å². The van der Waals surface area contributed by atoms with Crippen molar-refractivity contribution in [2.24, 2.45) is 10.2 Å². The molecule has 34 heavy (non-hydrogen) atoms. The van der Waals surface area contributed by atoms with Crippen LogP contribution in [0.5, 0.6) is 0 Å². The smallest absolute Gasteiger partial charge is 0.410 e. The third kappa shape index (κ3) is 4.83. The van der Waals surface area contributed by atoms with E-state index in [1.165, 1.54) is 0 Å². The van der Waals surface area contributed by atoms with E-state index in [-0.39, 0.29) is 12.3 Å². The molecule has 2 aromatic rings. The number of benzene rings is 2. The monoisotopic (exact) mass is 483 g/mol. The second kappa shape index (κ2) is 9.07. The van der Waals surface area contributed by atoms with Gasteiger partial charge >= 0.3 is 6.09 Å². The molecule has 180 valence electrons. The van der Waals surface area contributed by atoms with Gasteiger partial charge in [0, 0.05) is 43.0 Å². The number of para-hydroxylation sites is 1. The maximum atomic E-state index is 12.6. The van der Waals surface area contributed by atoms with Gasteiger partial charge in [-0.25, -0.2) is 14.7 Å². The Labute approximate surface area is 205 Å². The molecule has 3 aliphatic rings. The summed E-state index contributed by atoms with van der Waals surface area (Å²) in [5, 5.41) is 10.0. The number of anilines is 2. The lowest BCUT2D eigenvalue weighted by Gasteiger charge is -2.27. The minimum absolute atomic E-state index is 0.168. The van der Waals surface area contributed by atoms with Crippen molar-refractivity contribution in [2.75, 3.05) is 36.1 Å². The third-order valence-corrected chi connectivity index (χ3v) is 6.46. The fraction of sp³-hybridized carbons (Fsp3) is 0.480. The molecule has 0 aliphatic carbocycles.